The van der Waals surface area contributed by atoms with Gasteiger partial charge in [-0.25, -0.2) is 9.78 Å². The highest BCUT2D eigenvalue weighted by Crippen LogP contribution is 2.22. The molecule has 0 fully saturated rings. The van der Waals surface area contributed by atoms with E-state index in [0.717, 1.165) is 15.2 Å². The second-order valence-electron chi connectivity index (χ2n) is 6.96. The number of nitrogens with zero attached hydrogens (tertiary/aromatic N) is 2. The second kappa shape index (κ2) is 8.84. The standard InChI is InChI=1S/C21H24N4O2S/c1-14(2)19(24-21(27)22-15-9-5-4-6-10-15)20(26)25(3)13-18-23-16-11-7-8-12-17(16)28-18/h4-12,14,19H,13H2,1-3H3,(H2,22,24,27). The first-order valence-corrected chi connectivity index (χ1v) is 9.97. The van der Waals surface area contributed by atoms with Crippen molar-refractivity contribution in [3.05, 3.63) is 59.6 Å². The summed E-state index contributed by atoms with van der Waals surface area (Å²) < 4.78 is 1.10. The summed E-state index contributed by atoms with van der Waals surface area (Å²) in [6.07, 6.45) is 0. The number of hydrogen-bond acceptors (Lipinski definition) is 4. The number of thiazole rings is 1. The Morgan fingerprint density at radius 1 is 1.07 bits per heavy atom. The summed E-state index contributed by atoms with van der Waals surface area (Å²) in [4.78, 5) is 31.5. The quantitative estimate of drug-likeness (QED) is 0.659. The van der Waals surface area contributed by atoms with Gasteiger partial charge in [0.25, 0.3) is 0 Å². The van der Waals surface area contributed by atoms with E-state index in [9.17, 15) is 9.59 Å². The fourth-order valence-electron chi connectivity index (χ4n) is 2.85. The zero-order valence-electron chi connectivity index (χ0n) is 16.2. The van der Waals surface area contributed by atoms with Gasteiger partial charge in [0, 0.05) is 12.7 Å². The van der Waals surface area contributed by atoms with E-state index in [4.69, 9.17) is 0 Å². The van der Waals surface area contributed by atoms with E-state index in [2.05, 4.69) is 15.6 Å². The fraction of sp³-hybridized carbons (Fsp3) is 0.286. The lowest BCUT2D eigenvalue weighted by molar-refractivity contribution is -0.133. The van der Waals surface area contributed by atoms with E-state index in [-0.39, 0.29) is 11.8 Å². The van der Waals surface area contributed by atoms with Gasteiger partial charge in [0.2, 0.25) is 5.91 Å². The third-order valence-electron chi connectivity index (χ3n) is 4.34. The molecule has 0 radical (unpaired) electrons. The van der Waals surface area contributed by atoms with Crippen molar-refractivity contribution in [1.29, 1.82) is 0 Å². The average molecular weight is 397 g/mol. The molecule has 28 heavy (non-hydrogen) atoms. The monoisotopic (exact) mass is 396 g/mol. The maximum absolute atomic E-state index is 13.0. The smallest absolute Gasteiger partial charge is 0.319 e. The van der Waals surface area contributed by atoms with Crippen LogP contribution in [0.3, 0.4) is 0 Å². The van der Waals surface area contributed by atoms with Crippen molar-refractivity contribution in [2.24, 2.45) is 5.92 Å². The third kappa shape index (κ3) is 4.86. The Bertz CT molecular complexity index is 922. The van der Waals surface area contributed by atoms with Gasteiger partial charge < -0.3 is 15.5 Å². The van der Waals surface area contributed by atoms with Crippen LogP contribution in [0.25, 0.3) is 10.2 Å². The Morgan fingerprint density at radius 3 is 2.43 bits per heavy atom. The van der Waals surface area contributed by atoms with Crippen LogP contribution < -0.4 is 10.6 Å². The van der Waals surface area contributed by atoms with Gasteiger partial charge in [0.05, 0.1) is 16.8 Å². The van der Waals surface area contributed by atoms with Crippen LogP contribution >= 0.6 is 11.3 Å². The molecule has 3 rings (SSSR count). The van der Waals surface area contributed by atoms with Gasteiger partial charge in [-0.3, -0.25) is 4.79 Å². The topological polar surface area (TPSA) is 74.3 Å². The molecule has 0 aliphatic carbocycles. The average Bonchev–Trinajstić information content (AvgIpc) is 3.08. The van der Waals surface area contributed by atoms with E-state index in [1.807, 2.05) is 56.3 Å². The summed E-state index contributed by atoms with van der Waals surface area (Å²) in [5.41, 5.74) is 1.61. The number of urea groups is 1. The van der Waals surface area contributed by atoms with Crippen LogP contribution in [0.2, 0.25) is 0 Å². The van der Waals surface area contributed by atoms with Crippen molar-refractivity contribution in [3.63, 3.8) is 0 Å². The van der Waals surface area contributed by atoms with Crippen LogP contribution in [-0.2, 0) is 11.3 Å². The molecule has 146 valence electrons. The lowest BCUT2D eigenvalue weighted by Crippen LogP contribution is -2.51. The first-order valence-electron chi connectivity index (χ1n) is 9.16. The van der Waals surface area contributed by atoms with Crippen molar-refractivity contribution in [2.75, 3.05) is 12.4 Å². The molecule has 3 amide bonds. The van der Waals surface area contributed by atoms with Crippen LogP contribution in [0.5, 0.6) is 0 Å². The normalized spacial score (nSPS) is 12.0. The van der Waals surface area contributed by atoms with E-state index in [0.29, 0.717) is 12.2 Å². The first-order chi connectivity index (χ1) is 13.4. The van der Waals surface area contributed by atoms with Crippen LogP contribution in [-0.4, -0.2) is 34.9 Å². The van der Waals surface area contributed by atoms with E-state index in [1.54, 1.807) is 35.4 Å². The molecular formula is C21H24N4O2S. The molecule has 6 nitrogen and oxygen atoms in total. The molecule has 1 aromatic heterocycles. The Balaban J connectivity index is 1.65. The van der Waals surface area contributed by atoms with E-state index >= 15 is 0 Å². The SMILES string of the molecule is CC(C)C(NC(=O)Nc1ccccc1)C(=O)N(C)Cc1nc2ccccc2s1. The zero-order chi connectivity index (χ0) is 20.1. The number of rotatable bonds is 6. The number of amides is 3. The molecule has 2 aromatic carbocycles. The van der Waals surface area contributed by atoms with Gasteiger partial charge in [-0.1, -0.05) is 44.2 Å². The highest BCUT2D eigenvalue weighted by Gasteiger charge is 2.27. The zero-order valence-corrected chi connectivity index (χ0v) is 17.0. The van der Waals surface area contributed by atoms with Gasteiger partial charge in [0.15, 0.2) is 0 Å². The lowest BCUT2D eigenvalue weighted by atomic mass is 10.0. The van der Waals surface area contributed by atoms with Crippen molar-refractivity contribution < 1.29 is 9.59 Å². The molecular weight excluding hydrogens is 372 g/mol. The van der Waals surface area contributed by atoms with E-state index < -0.39 is 12.1 Å². The van der Waals surface area contributed by atoms with Crippen molar-refractivity contribution in [2.45, 2.75) is 26.4 Å². The molecule has 0 aliphatic heterocycles. The Hall–Kier alpha value is -2.93. The minimum atomic E-state index is -0.622. The second-order valence-corrected chi connectivity index (χ2v) is 8.07. The van der Waals surface area contributed by atoms with Crippen LogP contribution in [0.15, 0.2) is 54.6 Å². The molecule has 1 heterocycles. The van der Waals surface area contributed by atoms with E-state index in [1.165, 1.54) is 0 Å². The molecule has 1 unspecified atom stereocenters. The molecule has 0 bridgehead atoms. The van der Waals surface area contributed by atoms with Gasteiger partial charge in [0.1, 0.15) is 11.0 Å². The minimum Gasteiger partial charge on any atom is -0.337 e. The number of fused-ring (bicyclic) bond motifs is 1. The van der Waals surface area contributed by atoms with Gasteiger partial charge >= 0.3 is 6.03 Å². The summed E-state index contributed by atoms with van der Waals surface area (Å²) in [6.45, 7) is 4.23. The predicted octanol–water partition coefficient (Wildman–Crippen LogP) is 4.10. The summed E-state index contributed by atoms with van der Waals surface area (Å²) >= 11 is 1.57. The fourth-order valence-corrected chi connectivity index (χ4v) is 3.87. The third-order valence-corrected chi connectivity index (χ3v) is 5.36. The number of aromatic nitrogens is 1. The largest absolute Gasteiger partial charge is 0.337 e. The summed E-state index contributed by atoms with van der Waals surface area (Å²) in [7, 11) is 1.74. The summed E-state index contributed by atoms with van der Waals surface area (Å²) in [5.74, 6) is -0.190. The number of para-hydroxylation sites is 2. The van der Waals surface area contributed by atoms with Gasteiger partial charge in [-0.2, -0.15) is 0 Å². The minimum absolute atomic E-state index is 0.0492. The maximum atomic E-state index is 13.0. The van der Waals surface area contributed by atoms with Crippen molar-refractivity contribution >= 4 is 39.2 Å². The summed E-state index contributed by atoms with van der Waals surface area (Å²) in [5, 5.41) is 6.43. The Labute approximate surface area is 168 Å². The highest BCUT2D eigenvalue weighted by atomic mass is 32.1. The van der Waals surface area contributed by atoms with Crippen LogP contribution in [0, 0.1) is 5.92 Å². The number of carbonyl (C=O) groups is 2. The number of hydrogen-bond donors (Lipinski definition) is 2. The molecule has 2 N–H and O–H groups in total. The molecule has 0 saturated carbocycles. The number of benzene rings is 2. The molecule has 1 atom stereocenters. The Kier molecular flexibility index (Phi) is 6.26. The number of carbonyl (C=O) groups excluding carboxylic acids is 2. The van der Waals surface area contributed by atoms with Gasteiger partial charge in [-0.05, 0) is 30.2 Å². The summed E-state index contributed by atoms with van der Waals surface area (Å²) in [6, 6.07) is 16.0. The highest BCUT2D eigenvalue weighted by molar-refractivity contribution is 7.18. The first kappa shape index (κ1) is 19.8. The molecule has 3 aromatic rings. The number of anilines is 1. The lowest BCUT2D eigenvalue weighted by Gasteiger charge is -2.26. The Morgan fingerprint density at radius 2 is 1.75 bits per heavy atom. The van der Waals surface area contributed by atoms with Crippen molar-refractivity contribution in [3.8, 4) is 0 Å². The molecule has 0 spiro atoms. The number of likely N-dealkylation sites (N-methyl/N-ethyl adjacent to an activating group) is 1. The van der Waals surface area contributed by atoms with Crippen LogP contribution in [0.4, 0.5) is 10.5 Å². The van der Waals surface area contributed by atoms with Crippen molar-refractivity contribution in [1.82, 2.24) is 15.2 Å². The predicted molar refractivity (Wildman–Crippen MR) is 113 cm³/mol. The van der Waals surface area contributed by atoms with Gasteiger partial charge in [-0.15, -0.1) is 11.3 Å². The van der Waals surface area contributed by atoms with Crippen LogP contribution in [0.1, 0.15) is 18.9 Å². The molecule has 0 saturated heterocycles. The molecule has 0 aliphatic rings. The maximum Gasteiger partial charge on any atom is 0.319 e. The molecule has 7 heteroatoms. The number of nitrogens with one attached hydrogen (secondary N) is 2.